The van der Waals surface area contributed by atoms with Crippen LogP contribution in [0.15, 0.2) is 41.4 Å². The highest BCUT2D eigenvalue weighted by atomic mass is 127. The van der Waals surface area contributed by atoms with Gasteiger partial charge in [-0.05, 0) is 49.6 Å². The molecule has 182 valence electrons. The topological polar surface area (TPSA) is 73.3 Å². The molecule has 7 nitrogen and oxygen atoms in total. The van der Waals surface area contributed by atoms with Crippen molar-refractivity contribution < 1.29 is 18.9 Å². The Morgan fingerprint density at radius 3 is 2.58 bits per heavy atom. The van der Waals surface area contributed by atoms with Crippen LogP contribution in [0.1, 0.15) is 30.0 Å². The number of rotatable bonds is 10. The summed E-state index contributed by atoms with van der Waals surface area (Å²) in [6.45, 7) is 8.15. The lowest BCUT2D eigenvalue weighted by atomic mass is 10.1. The highest BCUT2D eigenvalue weighted by Gasteiger charge is 2.17. The van der Waals surface area contributed by atoms with Gasteiger partial charge in [0.1, 0.15) is 5.75 Å². The van der Waals surface area contributed by atoms with Crippen molar-refractivity contribution >= 4 is 29.9 Å². The van der Waals surface area contributed by atoms with Gasteiger partial charge in [0.25, 0.3) is 0 Å². The molecule has 0 bridgehead atoms. The second-order valence-electron chi connectivity index (χ2n) is 7.85. The summed E-state index contributed by atoms with van der Waals surface area (Å²) < 4.78 is 22.6. The number of aryl methyl sites for hydroxylation is 1. The van der Waals surface area contributed by atoms with Crippen LogP contribution in [0.5, 0.6) is 17.2 Å². The van der Waals surface area contributed by atoms with Crippen molar-refractivity contribution in [2.75, 3.05) is 40.6 Å². The summed E-state index contributed by atoms with van der Waals surface area (Å²) in [5.74, 6) is 3.57. The van der Waals surface area contributed by atoms with E-state index in [-0.39, 0.29) is 24.0 Å². The number of guanidine groups is 1. The van der Waals surface area contributed by atoms with Crippen LogP contribution in [0.2, 0.25) is 0 Å². The van der Waals surface area contributed by atoms with Crippen molar-refractivity contribution in [3.63, 3.8) is 0 Å². The number of halogens is 1. The standard InChI is InChI=1S/C25H35N3O4.HI/c1-5-31-24-13-19(7-9-22(24)29-4)14-27-25(26-3)28-15-21-8-6-18(2)12-23(21)32-17-20-10-11-30-16-20;/h6-9,12-13,20H,5,10-11,14-17H2,1-4H3,(H2,26,27,28);1H. The van der Waals surface area contributed by atoms with Crippen LogP contribution in [0.25, 0.3) is 0 Å². The van der Waals surface area contributed by atoms with Crippen LogP contribution in [0.3, 0.4) is 0 Å². The maximum absolute atomic E-state index is 6.15. The molecule has 1 aliphatic heterocycles. The van der Waals surface area contributed by atoms with E-state index in [1.54, 1.807) is 14.2 Å². The van der Waals surface area contributed by atoms with Gasteiger partial charge >= 0.3 is 0 Å². The monoisotopic (exact) mass is 569 g/mol. The fourth-order valence-corrected chi connectivity index (χ4v) is 3.55. The van der Waals surface area contributed by atoms with Crippen LogP contribution in [0, 0.1) is 12.8 Å². The van der Waals surface area contributed by atoms with Gasteiger partial charge in [-0.1, -0.05) is 18.2 Å². The largest absolute Gasteiger partial charge is 0.493 e. The lowest BCUT2D eigenvalue weighted by Gasteiger charge is -2.17. The Bertz CT molecular complexity index is 901. The predicted octanol–water partition coefficient (Wildman–Crippen LogP) is 4.30. The zero-order valence-corrected chi connectivity index (χ0v) is 22.3. The molecule has 3 rings (SSSR count). The molecule has 0 saturated carbocycles. The van der Waals surface area contributed by atoms with E-state index in [1.807, 2.05) is 25.1 Å². The lowest BCUT2D eigenvalue weighted by Crippen LogP contribution is -2.36. The number of hydrogen-bond acceptors (Lipinski definition) is 5. The van der Waals surface area contributed by atoms with Crippen molar-refractivity contribution in [2.24, 2.45) is 10.9 Å². The summed E-state index contributed by atoms with van der Waals surface area (Å²) >= 11 is 0. The van der Waals surface area contributed by atoms with E-state index < -0.39 is 0 Å². The van der Waals surface area contributed by atoms with Crippen molar-refractivity contribution in [1.82, 2.24) is 10.6 Å². The highest BCUT2D eigenvalue weighted by Crippen LogP contribution is 2.28. The van der Waals surface area contributed by atoms with Crippen molar-refractivity contribution in [2.45, 2.75) is 33.4 Å². The minimum absolute atomic E-state index is 0. The number of aliphatic imine (C=N–C) groups is 1. The van der Waals surface area contributed by atoms with Crippen LogP contribution < -0.4 is 24.8 Å². The van der Waals surface area contributed by atoms with E-state index in [9.17, 15) is 0 Å². The molecule has 2 aromatic carbocycles. The molecule has 1 atom stereocenters. The van der Waals surface area contributed by atoms with Crippen LogP contribution in [0.4, 0.5) is 0 Å². The number of nitrogens with one attached hydrogen (secondary N) is 2. The number of hydrogen-bond donors (Lipinski definition) is 2. The van der Waals surface area contributed by atoms with Crippen LogP contribution in [-0.4, -0.2) is 46.5 Å². The molecule has 0 aromatic heterocycles. The van der Waals surface area contributed by atoms with Gasteiger partial charge in [0.15, 0.2) is 17.5 Å². The molecule has 33 heavy (non-hydrogen) atoms. The molecule has 1 saturated heterocycles. The van der Waals surface area contributed by atoms with Gasteiger partial charge < -0.3 is 29.6 Å². The van der Waals surface area contributed by atoms with Gasteiger partial charge in [-0.3, -0.25) is 4.99 Å². The first kappa shape index (κ1) is 27.0. The average Bonchev–Trinajstić information content (AvgIpc) is 3.33. The first-order valence-corrected chi connectivity index (χ1v) is 11.2. The summed E-state index contributed by atoms with van der Waals surface area (Å²) in [7, 11) is 3.41. The molecule has 0 amide bonds. The minimum atomic E-state index is 0. The normalized spacial score (nSPS) is 15.5. The number of methoxy groups -OCH3 is 1. The predicted molar refractivity (Wildman–Crippen MR) is 142 cm³/mol. The number of nitrogens with zero attached hydrogens (tertiary/aromatic N) is 1. The van der Waals surface area contributed by atoms with Gasteiger partial charge in [-0.15, -0.1) is 24.0 Å². The Kier molecular flexibility index (Phi) is 11.6. The molecule has 1 fully saturated rings. The molecule has 8 heteroatoms. The summed E-state index contributed by atoms with van der Waals surface area (Å²) in [5.41, 5.74) is 3.36. The van der Waals surface area contributed by atoms with Gasteiger partial charge in [0.05, 0.1) is 26.9 Å². The highest BCUT2D eigenvalue weighted by molar-refractivity contribution is 14.0. The third kappa shape index (κ3) is 8.26. The molecule has 2 N–H and O–H groups in total. The maximum atomic E-state index is 6.15. The quantitative estimate of drug-likeness (QED) is 0.253. The van der Waals surface area contributed by atoms with E-state index in [1.165, 1.54) is 5.56 Å². The Hall–Kier alpha value is -2.20. The summed E-state index contributed by atoms with van der Waals surface area (Å²) in [4.78, 5) is 4.35. The average molecular weight is 569 g/mol. The van der Waals surface area contributed by atoms with Gasteiger partial charge in [-0.25, -0.2) is 0 Å². The minimum Gasteiger partial charge on any atom is -0.493 e. The molecular weight excluding hydrogens is 533 g/mol. The van der Waals surface area contributed by atoms with E-state index in [0.717, 1.165) is 54.0 Å². The van der Waals surface area contributed by atoms with E-state index in [0.29, 0.717) is 32.2 Å². The number of ether oxygens (including phenoxy) is 4. The lowest BCUT2D eigenvalue weighted by molar-refractivity contribution is 0.166. The molecule has 0 radical (unpaired) electrons. The fourth-order valence-electron chi connectivity index (χ4n) is 3.55. The maximum Gasteiger partial charge on any atom is 0.191 e. The van der Waals surface area contributed by atoms with Crippen LogP contribution in [-0.2, 0) is 17.8 Å². The van der Waals surface area contributed by atoms with Gasteiger partial charge in [-0.2, -0.15) is 0 Å². The molecular formula is C25H36IN3O4. The molecule has 1 unspecified atom stereocenters. The molecule has 1 aliphatic rings. The second kappa shape index (κ2) is 14.1. The van der Waals surface area contributed by atoms with Gasteiger partial charge in [0.2, 0.25) is 0 Å². The second-order valence-corrected chi connectivity index (χ2v) is 7.85. The number of benzene rings is 2. The van der Waals surface area contributed by atoms with Crippen LogP contribution >= 0.6 is 24.0 Å². The Morgan fingerprint density at radius 2 is 1.88 bits per heavy atom. The zero-order chi connectivity index (χ0) is 22.8. The van der Waals surface area contributed by atoms with Crippen molar-refractivity contribution in [3.05, 3.63) is 53.1 Å². The molecule has 0 spiro atoms. The Morgan fingerprint density at radius 1 is 1.06 bits per heavy atom. The molecule has 1 heterocycles. The third-order valence-electron chi connectivity index (χ3n) is 5.38. The first-order valence-electron chi connectivity index (χ1n) is 11.2. The fraction of sp³-hybridized carbons (Fsp3) is 0.480. The molecule has 2 aromatic rings. The summed E-state index contributed by atoms with van der Waals surface area (Å²) in [6.07, 6.45) is 1.06. The summed E-state index contributed by atoms with van der Waals surface area (Å²) in [5, 5.41) is 6.74. The van der Waals surface area contributed by atoms with Gasteiger partial charge in [0, 0.05) is 38.2 Å². The van der Waals surface area contributed by atoms with E-state index in [2.05, 4.69) is 40.7 Å². The van der Waals surface area contributed by atoms with Crippen molar-refractivity contribution in [1.29, 1.82) is 0 Å². The van der Waals surface area contributed by atoms with Crippen molar-refractivity contribution in [3.8, 4) is 17.2 Å². The van der Waals surface area contributed by atoms with E-state index >= 15 is 0 Å². The Balaban J connectivity index is 0.00000385. The molecule has 0 aliphatic carbocycles. The third-order valence-corrected chi connectivity index (χ3v) is 5.38. The first-order chi connectivity index (χ1) is 15.6. The smallest absolute Gasteiger partial charge is 0.191 e. The Labute approximate surface area is 214 Å². The SMILES string of the molecule is CCOc1cc(CNC(=NC)NCc2ccc(C)cc2OCC2CCOC2)ccc1OC.I. The summed E-state index contributed by atoms with van der Waals surface area (Å²) in [6, 6.07) is 12.2. The van der Waals surface area contributed by atoms with E-state index in [4.69, 9.17) is 18.9 Å². The zero-order valence-electron chi connectivity index (χ0n) is 20.0.